The third kappa shape index (κ3) is 3.25. The van der Waals surface area contributed by atoms with Crippen molar-refractivity contribution in [3.8, 4) is 0 Å². The monoisotopic (exact) mass is 251 g/mol. The lowest BCUT2D eigenvalue weighted by Gasteiger charge is -2.17. The van der Waals surface area contributed by atoms with Gasteiger partial charge in [0.1, 0.15) is 11.3 Å². The number of hydrogen-bond acceptors (Lipinski definition) is 5. The summed E-state index contributed by atoms with van der Waals surface area (Å²) in [6, 6.07) is 0. The van der Waals surface area contributed by atoms with Gasteiger partial charge in [0.25, 0.3) is 0 Å². The third-order valence-electron chi connectivity index (χ3n) is 1.84. The van der Waals surface area contributed by atoms with Gasteiger partial charge in [-0.3, -0.25) is 0 Å². The van der Waals surface area contributed by atoms with Crippen LogP contribution in [0.3, 0.4) is 0 Å². The number of nitrogens with one attached hydrogen (secondary N) is 1. The van der Waals surface area contributed by atoms with E-state index < -0.39 is 12.2 Å². The molecule has 0 fully saturated rings. The van der Waals surface area contributed by atoms with Crippen molar-refractivity contribution in [3.63, 3.8) is 0 Å². The highest BCUT2D eigenvalue weighted by molar-refractivity contribution is 6.32. The van der Waals surface area contributed by atoms with Gasteiger partial charge in [0.05, 0.1) is 6.10 Å². The molecule has 84 valence electrons. The molecule has 0 saturated carbocycles. The third-order valence-corrected chi connectivity index (χ3v) is 2.32. The van der Waals surface area contributed by atoms with Gasteiger partial charge >= 0.3 is 0 Å². The molecule has 0 aromatic carbocycles. The normalized spacial score (nSPS) is 15.0. The molecule has 0 bridgehead atoms. The van der Waals surface area contributed by atoms with Crippen LogP contribution in [0.15, 0.2) is 6.20 Å². The number of aliphatic hydroxyl groups is 2. The first-order valence-electron chi connectivity index (χ1n) is 4.25. The van der Waals surface area contributed by atoms with Gasteiger partial charge in [-0.2, -0.15) is 0 Å². The zero-order valence-corrected chi connectivity index (χ0v) is 9.50. The van der Waals surface area contributed by atoms with E-state index in [1.54, 1.807) is 7.05 Å². The average Bonchev–Trinajstić information content (AvgIpc) is 2.17. The van der Waals surface area contributed by atoms with Crippen molar-refractivity contribution in [1.29, 1.82) is 0 Å². The topological polar surface area (TPSA) is 78.3 Å². The minimum absolute atomic E-state index is 0.000874. The number of rotatable bonds is 4. The van der Waals surface area contributed by atoms with Crippen LogP contribution in [-0.2, 0) is 0 Å². The average molecular weight is 252 g/mol. The molecule has 1 aromatic rings. The highest BCUT2D eigenvalue weighted by Gasteiger charge is 2.21. The molecule has 1 heterocycles. The van der Waals surface area contributed by atoms with Gasteiger partial charge in [-0.25, -0.2) is 9.97 Å². The van der Waals surface area contributed by atoms with Crippen molar-refractivity contribution in [2.45, 2.75) is 12.2 Å². The summed E-state index contributed by atoms with van der Waals surface area (Å²) in [7, 11) is 1.66. The molecule has 0 saturated heterocycles. The Bertz CT molecular complexity index is 338. The van der Waals surface area contributed by atoms with Crippen LogP contribution in [-0.4, -0.2) is 39.9 Å². The van der Waals surface area contributed by atoms with Crippen LogP contribution in [0.25, 0.3) is 0 Å². The predicted molar refractivity (Wildman–Crippen MR) is 56.9 cm³/mol. The van der Waals surface area contributed by atoms with Gasteiger partial charge in [0, 0.05) is 18.3 Å². The summed E-state index contributed by atoms with van der Waals surface area (Å²) < 4.78 is 0. The minimum Gasteiger partial charge on any atom is -0.389 e. The number of hydrogen-bond donors (Lipinski definition) is 3. The van der Waals surface area contributed by atoms with E-state index in [4.69, 9.17) is 23.2 Å². The first kappa shape index (κ1) is 12.6. The lowest BCUT2D eigenvalue weighted by molar-refractivity contribution is 0.0199. The Hall–Kier alpha value is -0.460. The molecule has 2 atom stereocenters. The Labute approximate surface area is 97.1 Å². The summed E-state index contributed by atoms with van der Waals surface area (Å²) in [5.74, 6) is 0. The maximum absolute atomic E-state index is 9.69. The fraction of sp³-hybridized carbons (Fsp3) is 0.500. The van der Waals surface area contributed by atoms with E-state index in [0.717, 1.165) is 0 Å². The molecule has 0 spiro atoms. The number of nitrogens with zero attached hydrogens (tertiary/aromatic N) is 2. The van der Waals surface area contributed by atoms with E-state index in [0.29, 0.717) is 0 Å². The molecule has 5 nitrogen and oxygen atoms in total. The van der Waals surface area contributed by atoms with Gasteiger partial charge in [0.15, 0.2) is 0 Å². The Morgan fingerprint density at radius 3 is 2.67 bits per heavy atom. The highest BCUT2D eigenvalue weighted by Crippen LogP contribution is 2.23. The van der Waals surface area contributed by atoms with E-state index in [1.807, 2.05) is 0 Å². The smallest absolute Gasteiger partial charge is 0.223 e. The fourth-order valence-electron chi connectivity index (χ4n) is 1.08. The maximum atomic E-state index is 9.69. The van der Waals surface area contributed by atoms with Crippen LogP contribution in [0.2, 0.25) is 10.4 Å². The first-order valence-corrected chi connectivity index (χ1v) is 5.00. The van der Waals surface area contributed by atoms with E-state index in [9.17, 15) is 10.2 Å². The second kappa shape index (κ2) is 5.58. The Morgan fingerprint density at radius 1 is 1.47 bits per heavy atom. The fourth-order valence-corrected chi connectivity index (χ4v) is 1.49. The molecule has 1 aromatic heterocycles. The molecule has 1 rings (SSSR count). The largest absolute Gasteiger partial charge is 0.389 e. The SMILES string of the molecule is CNCC(O)C(O)c1cnc(Cl)nc1Cl. The van der Waals surface area contributed by atoms with Gasteiger partial charge in [0.2, 0.25) is 5.28 Å². The molecule has 7 heteroatoms. The molecule has 0 aliphatic rings. The molecule has 15 heavy (non-hydrogen) atoms. The summed E-state index contributed by atoms with van der Waals surface area (Å²) in [5, 5.41) is 22.0. The van der Waals surface area contributed by atoms with Crippen LogP contribution < -0.4 is 5.32 Å². The van der Waals surface area contributed by atoms with Crippen LogP contribution in [0.5, 0.6) is 0 Å². The zero-order valence-electron chi connectivity index (χ0n) is 7.98. The minimum atomic E-state index is -1.14. The van der Waals surface area contributed by atoms with E-state index in [-0.39, 0.29) is 22.5 Å². The second-order valence-corrected chi connectivity index (χ2v) is 3.65. The quantitative estimate of drug-likeness (QED) is 0.534. The number of halogens is 2. The zero-order chi connectivity index (χ0) is 11.4. The van der Waals surface area contributed by atoms with Crippen molar-refractivity contribution in [2.75, 3.05) is 13.6 Å². The lowest BCUT2D eigenvalue weighted by atomic mass is 10.1. The molecule has 0 radical (unpaired) electrons. The number of aromatic nitrogens is 2. The summed E-state index contributed by atoms with van der Waals surface area (Å²) in [4.78, 5) is 7.35. The van der Waals surface area contributed by atoms with Crippen molar-refractivity contribution in [1.82, 2.24) is 15.3 Å². The van der Waals surface area contributed by atoms with Gasteiger partial charge in [-0.05, 0) is 18.6 Å². The first-order chi connectivity index (χ1) is 7.06. The molecule has 0 aliphatic heterocycles. The van der Waals surface area contributed by atoms with Gasteiger partial charge in [-0.1, -0.05) is 11.6 Å². The van der Waals surface area contributed by atoms with Gasteiger partial charge < -0.3 is 15.5 Å². The molecular weight excluding hydrogens is 241 g/mol. The van der Waals surface area contributed by atoms with E-state index in [2.05, 4.69) is 15.3 Å². The summed E-state index contributed by atoms with van der Waals surface area (Å²) in [5.41, 5.74) is 0.254. The summed E-state index contributed by atoms with van der Waals surface area (Å²) in [6.07, 6.45) is -0.819. The van der Waals surface area contributed by atoms with Crippen molar-refractivity contribution in [3.05, 3.63) is 22.2 Å². The highest BCUT2D eigenvalue weighted by atomic mass is 35.5. The Kier molecular flexibility index (Phi) is 4.69. The van der Waals surface area contributed by atoms with E-state index in [1.165, 1.54) is 6.20 Å². The Morgan fingerprint density at radius 2 is 2.13 bits per heavy atom. The number of aliphatic hydroxyl groups excluding tert-OH is 2. The van der Waals surface area contributed by atoms with Crippen molar-refractivity contribution < 1.29 is 10.2 Å². The maximum Gasteiger partial charge on any atom is 0.223 e. The summed E-state index contributed by atoms with van der Waals surface area (Å²) in [6.45, 7) is 0.236. The van der Waals surface area contributed by atoms with Crippen LogP contribution in [0.1, 0.15) is 11.7 Å². The number of likely N-dealkylation sites (N-methyl/N-ethyl adjacent to an activating group) is 1. The molecule has 0 amide bonds. The molecule has 0 aliphatic carbocycles. The van der Waals surface area contributed by atoms with Crippen LogP contribution >= 0.6 is 23.2 Å². The molecule has 3 N–H and O–H groups in total. The molecular formula is C8H11Cl2N3O2. The van der Waals surface area contributed by atoms with E-state index >= 15 is 0 Å². The van der Waals surface area contributed by atoms with Gasteiger partial charge in [-0.15, -0.1) is 0 Å². The summed E-state index contributed by atoms with van der Waals surface area (Å²) >= 11 is 11.2. The van der Waals surface area contributed by atoms with Crippen LogP contribution in [0, 0.1) is 0 Å². The van der Waals surface area contributed by atoms with Crippen molar-refractivity contribution in [2.24, 2.45) is 0 Å². The predicted octanol–water partition coefficient (Wildman–Crippen LogP) is 0.397. The Balaban J connectivity index is 2.86. The standard InChI is InChI=1S/C8H11Cl2N3O2/c1-11-3-5(14)6(15)4-2-12-8(10)13-7(4)9/h2,5-6,11,14-15H,3H2,1H3. The molecule has 2 unspecified atom stereocenters. The van der Waals surface area contributed by atoms with Crippen molar-refractivity contribution >= 4 is 23.2 Å². The lowest BCUT2D eigenvalue weighted by Crippen LogP contribution is -2.29. The van der Waals surface area contributed by atoms with Crippen LogP contribution in [0.4, 0.5) is 0 Å². The second-order valence-electron chi connectivity index (χ2n) is 2.96.